The second-order valence-corrected chi connectivity index (χ2v) is 6.43. The van der Waals surface area contributed by atoms with Crippen molar-refractivity contribution in [2.45, 2.75) is 61.1 Å². The summed E-state index contributed by atoms with van der Waals surface area (Å²) in [7, 11) is 0. The van der Waals surface area contributed by atoms with Gasteiger partial charge in [-0.15, -0.1) is 0 Å². The fourth-order valence-corrected chi connectivity index (χ4v) is 2.67. The summed E-state index contributed by atoms with van der Waals surface area (Å²) in [5.74, 6) is -9.46. The van der Waals surface area contributed by atoms with Gasteiger partial charge in [-0.3, -0.25) is 4.79 Å². The van der Waals surface area contributed by atoms with E-state index in [1.165, 1.54) is 0 Å². The summed E-state index contributed by atoms with van der Waals surface area (Å²) in [5, 5.41) is 85.8. The van der Waals surface area contributed by atoms with Crippen LogP contribution in [0.4, 0.5) is 0 Å². The number of hydrogen-bond acceptors (Lipinski definition) is 15. The molecule has 0 spiro atoms. The molecule has 0 aromatic heterocycles. The van der Waals surface area contributed by atoms with E-state index >= 15 is 0 Å². The molecule has 15 heteroatoms. The lowest BCUT2D eigenvalue weighted by molar-refractivity contribution is -0.363. The van der Waals surface area contributed by atoms with Gasteiger partial charge < -0.3 is 64.9 Å². The van der Waals surface area contributed by atoms with Crippen molar-refractivity contribution < 1.29 is 74.5 Å². The van der Waals surface area contributed by atoms with Crippen molar-refractivity contribution >= 4 is 11.9 Å². The average molecular weight is 430 g/mol. The Balaban J connectivity index is 1.93. The van der Waals surface area contributed by atoms with Crippen molar-refractivity contribution in [3.8, 4) is 0 Å². The molecule has 0 saturated carbocycles. The van der Waals surface area contributed by atoms with Crippen LogP contribution in [0.5, 0.6) is 0 Å². The van der Waals surface area contributed by atoms with Gasteiger partial charge in [0.05, 0.1) is 19.6 Å². The number of carbonyl (C=O) groups is 2. The maximum Gasteiger partial charge on any atom is 0.357 e. The van der Waals surface area contributed by atoms with Crippen molar-refractivity contribution in [1.29, 1.82) is 0 Å². The van der Waals surface area contributed by atoms with E-state index < -0.39 is 86.2 Å². The smallest absolute Gasteiger partial charge is 0.357 e. The Labute approximate surface area is 161 Å². The van der Waals surface area contributed by atoms with Crippen LogP contribution >= 0.6 is 0 Å². The summed E-state index contributed by atoms with van der Waals surface area (Å²) < 4.78 is 18.0. The Morgan fingerprint density at radius 3 is 1.66 bits per heavy atom. The zero-order valence-electron chi connectivity index (χ0n) is 14.6. The summed E-state index contributed by atoms with van der Waals surface area (Å²) in [4.78, 5) is 23.6. The fraction of sp³-hybridized carbons (Fsp3) is 0.857. The Morgan fingerprint density at radius 1 is 0.862 bits per heavy atom. The minimum Gasteiger partial charge on any atom is -0.405 e. The molecule has 2 fully saturated rings. The van der Waals surface area contributed by atoms with E-state index in [9.17, 15) is 45.3 Å². The maximum atomic E-state index is 11.8. The number of aliphatic hydroxyl groups excluding tert-OH is 7. The molecule has 0 aromatic rings. The van der Waals surface area contributed by atoms with Gasteiger partial charge in [0.2, 0.25) is 0 Å². The number of esters is 2. The topological polar surface area (TPSA) is 253 Å². The summed E-state index contributed by atoms with van der Waals surface area (Å²) in [6.45, 7) is -1.69. The van der Waals surface area contributed by atoms with E-state index in [-0.39, 0.29) is 0 Å². The molecular formula is C14H22O15. The molecule has 2 aliphatic rings. The highest BCUT2D eigenvalue weighted by molar-refractivity contribution is 5.81. The van der Waals surface area contributed by atoms with Crippen LogP contribution in [0.25, 0.3) is 0 Å². The number of aliphatic hydroxyl groups is 9. The molecule has 0 radical (unpaired) electrons. The highest BCUT2D eigenvalue weighted by atomic mass is 16.9. The van der Waals surface area contributed by atoms with Crippen LogP contribution in [-0.4, -0.2) is 126 Å². The molecule has 0 aliphatic carbocycles. The van der Waals surface area contributed by atoms with Crippen LogP contribution in [0.2, 0.25) is 0 Å². The van der Waals surface area contributed by atoms with Crippen LogP contribution in [0.3, 0.4) is 0 Å². The Kier molecular flexibility index (Phi) is 7.13. The van der Waals surface area contributed by atoms with Gasteiger partial charge in [0.25, 0.3) is 0 Å². The normalized spacial score (nSPS) is 43.2. The molecule has 15 nitrogen and oxygen atoms in total. The summed E-state index contributed by atoms with van der Waals surface area (Å²) in [6, 6.07) is 0. The van der Waals surface area contributed by atoms with Gasteiger partial charge in [0, 0.05) is 0 Å². The van der Waals surface area contributed by atoms with E-state index in [0.29, 0.717) is 0 Å². The van der Waals surface area contributed by atoms with Gasteiger partial charge in [-0.05, 0) is 0 Å². The average Bonchev–Trinajstić information content (AvgIpc) is 3.00. The van der Waals surface area contributed by atoms with Crippen molar-refractivity contribution in [3.63, 3.8) is 0 Å². The molecule has 9 atom stereocenters. The van der Waals surface area contributed by atoms with Crippen molar-refractivity contribution in [2.75, 3.05) is 13.2 Å². The van der Waals surface area contributed by atoms with Crippen molar-refractivity contribution in [2.24, 2.45) is 0 Å². The summed E-state index contributed by atoms with van der Waals surface area (Å²) >= 11 is 0. The predicted octanol–water partition coefficient (Wildman–Crippen LogP) is -6.66. The van der Waals surface area contributed by atoms with Crippen LogP contribution in [-0.2, 0) is 28.5 Å². The first-order chi connectivity index (χ1) is 13.4. The number of carbonyl (C=O) groups excluding carboxylic acids is 2. The number of hydrogen-bond donors (Lipinski definition) is 9. The molecule has 2 saturated heterocycles. The second kappa shape index (κ2) is 8.70. The molecular weight excluding hydrogens is 408 g/mol. The molecule has 0 aromatic carbocycles. The lowest BCUT2D eigenvalue weighted by Gasteiger charge is -2.27. The van der Waals surface area contributed by atoms with Gasteiger partial charge in [-0.1, -0.05) is 0 Å². The van der Waals surface area contributed by atoms with Gasteiger partial charge in [0.1, 0.15) is 24.4 Å². The molecule has 2 aliphatic heterocycles. The molecule has 2 rings (SSSR count). The number of ether oxygens (including phenoxy) is 4. The Morgan fingerprint density at radius 2 is 1.28 bits per heavy atom. The van der Waals surface area contributed by atoms with Gasteiger partial charge in [-0.25, -0.2) is 4.79 Å². The van der Waals surface area contributed by atoms with Gasteiger partial charge in [-0.2, -0.15) is 0 Å². The van der Waals surface area contributed by atoms with Crippen LogP contribution < -0.4 is 0 Å². The molecule has 0 bridgehead atoms. The van der Waals surface area contributed by atoms with Crippen molar-refractivity contribution in [3.05, 3.63) is 0 Å². The third-order valence-electron chi connectivity index (χ3n) is 4.30. The highest BCUT2D eigenvalue weighted by Crippen LogP contribution is 2.32. The standard InChI is InChI=1S/C14H22O15/c15-2-5-8(19)10(21)13(24,26-5)28-7(18)1-4(17)12(23)29-14(25)11(22)9(20)6(3-16)27-14/h4-6,8-11,15-17,19-22,24-25H,1-3H2/t4?,5-,6-,8-,9-,10-,11-,13?,14?/m0/s1. The lowest BCUT2D eigenvalue weighted by atomic mass is 10.1. The summed E-state index contributed by atoms with van der Waals surface area (Å²) in [5.41, 5.74) is 0. The lowest BCUT2D eigenvalue weighted by Crippen LogP contribution is -2.49. The molecule has 3 unspecified atom stereocenters. The molecule has 2 heterocycles. The van der Waals surface area contributed by atoms with E-state index in [1.807, 2.05) is 0 Å². The zero-order valence-corrected chi connectivity index (χ0v) is 14.6. The highest BCUT2D eigenvalue weighted by Gasteiger charge is 2.58. The molecule has 29 heavy (non-hydrogen) atoms. The predicted molar refractivity (Wildman–Crippen MR) is 80.7 cm³/mol. The first-order valence-corrected chi connectivity index (χ1v) is 8.25. The third kappa shape index (κ3) is 4.65. The maximum absolute atomic E-state index is 11.8. The molecule has 0 amide bonds. The van der Waals surface area contributed by atoms with E-state index in [1.54, 1.807) is 0 Å². The van der Waals surface area contributed by atoms with Crippen LogP contribution in [0, 0.1) is 0 Å². The van der Waals surface area contributed by atoms with Gasteiger partial charge >= 0.3 is 23.9 Å². The van der Waals surface area contributed by atoms with E-state index in [2.05, 4.69) is 18.9 Å². The monoisotopic (exact) mass is 430 g/mol. The fourth-order valence-electron chi connectivity index (χ4n) is 2.67. The van der Waals surface area contributed by atoms with Gasteiger partial charge in [0.15, 0.2) is 18.3 Å². The first-order valence-electron chi connectivity index (χ1n) is 8.25. The molecule has 168 valence electrons. The SMILES string of the molecule is O=C(CC(O)C(=O)OC1(O)O[C@@H](CO)[C@H](O)[C@@H]1O)OC1(O)O[C@@H](CO)[C@H](O)[C@@H]1O. The van der Waals surface area contributed by atoms with E-state index in [0.717, 1.165) is 0 Å². The first kappa shape index (κ1) is 23.8. The quantitative estimate of drug-likeness (QED) is 0.134. The Hall–Kier alpha value is -1.50. The minimum absolute atomic E-state index is 0.839. The van der Waals surface area contributed by atoms with E-state index in [4.69, 9.17) is 10.2 Å². The van der Waals surface area contributed by atoms with Crippen molar-refractivity contribution in [1.82, 2.24) is 0 Å². The largest absolute Gasteiger partial charge is 0.405 e. The number of rotatable bonds is 7. The zero-order chi connectivity index (χ0) is 22.1. The van der Waals surface area contributed by atoms with Crippen LogP contribution in [0.15, 0.2) is 0 Å². The third-order valence-corrected chi connectivity index (χ3v) is 4.30. The Bertz CT molecular complexity index is 614. The summed E-state index contributed by atoms with van der Waals surface area (Å²) in [6.07, 6.45) is -14.6. The van der Waals surface area contributed by atoms with Crippen LogP contribution in [0.1, 0.15) is 6.42 Å². The second-order valence-electron chi connectivity index (χ2n) is 6.43. The molecule has 9 N–H and O–H groups in total. The minimum atomic E-state index is -3.13.